The Balaban J connectivity index is 1.71. The van der Waals surface area contributed by atoms with E-state index in [1.165, 1.54) is 43.7 Å². The van der Waals surface area contributed by atoms with Crippen molar-refractivity contribution in [2.75, 3.05) is 39.3 Å². The van der Waals surface area contributed by atoms with Crippen LogP contribution in [0.25, 0.3) is 0 Å². The zero-order valence-corrected chi connectivity index (χ0v) is 79.4. The molecule has 4 aromatic rings. The number of nitrogens with zero attached hydrogens (tertiary/aromatic N) is 1. The van der Waals surface area contributed by atoms with Gasteiger partial charge in [0.25, 0.3) is 0 Å². The molecule has 3 aromatic carbocycles. The number of guanidine groups is 2. The van der Waals surface area contributed by atoms with Gasteiger partial charge in [0.05, 0.1) is 30.6 Å². The summed E-state index contributed by atoms with van der Waals surface area (Å²) < 4.78 is 0. The predicted octanol–water partition coefficient (Wildman–Crippen LogP) is -5.39. The molecule has 0 radical (unpaired) electrons. The van der Waals surface area contributed by atoms with Crippen molar-refractivity contribution in [2.45, 2.75) is 280 Å². The zero-order chi connectivity index (χ0) is 103. The number of imidazole rings is 1. The molecule has 1 heterocycles. The number of unbranched alkanes of at least 4 members (excludes halogenated alkanes) is 4. The van der Waals surface area contributed by atoms with Gasteiger partial charge < -0.3 is 151 Å². The first kappa shape index (κ1) is 117. The van der Waals surface area contributed by atoms with Crippen molar-refractivity contribution in [1.82, 2.24) is 95.0 Å². The third-order valence-corrected chi connectivity index (χ3v) is 22.2. The van der Waals surface area contributed by atoms with Crippen molar-refractivity contribution < 1.29 is 92.0 Å². The summed E-state index contributed by atoms with van der Waals surface area (Å²) in [5.41, 5.74) is 48.1. The molecule has 0 spiro atoms. The maximum absolute atomic E-state index is 15.2. The van der Waals surface area contributed by atoms with E-state index in [0.717, 1.165) is 6.92 Å². The summed E-state index contributed by atoms with van der Waals surface area (Å²) in [6, 6.07) is -0.624. The minimum atomic E-state index is -1.96. The number of hydrogen-bond acceptors (Lipinski definition) is 26. The Kier molecular flexibility index (Phi) is 53.3. The standard InChI is InChI=1S/C91H146N28O19/c1-51(2)43-66(117-87(135)73(97)52(3)4)83(131)109-62(29-15-19-39-94)78(126)116-70(48-72(96)122)86(134)110-61(28-14-18-38-93)77(125)113-68(45-56-25-11-8-12-26-56)84(132)111-65(32-22-42-104-91(100)101)81(129)119-74(54(6)120)88(136)112-63(30-16-20-40-95)76(124)108-64(31-21-41-103-90(98)99)79(127)114-69(46-57-33-35-59(121)36-34-57)85(133)115-67(44-55-23-9-7-10-24-55)82(130)106-53(5)75(123)107-60(27-13-17-37-92)80(128)118-71(89(137)138)47-58-49-102-50-105-58/h7-12,23-26,33-36,49-54,60-71,73-74,120-121H,13-22,27-32,37-48,92-95,97H2,1-6H3,(H2,96,122)(H,102,105)(H,106,130)(H,107,123)(H,108,124)(H,109,131)(H,110,134)(H,111,132)(H,112,136)(H,113,125)(H,114,127)(H,115,133)(H,116,126)(H,117,135)(H,118,128)(H,119,129)(H,137,138)(H4,98,99,103)(H4,100,101,104)/t53-,54+,60-,61-,62-,63-,64-,65-,66-,67-,68-,69-,70-,71-,73-,74-/m0/s1. The highest BCUT2D eigenvalue weighted by molar-refractivity contribution is 6.01. The Morgan fingerprint density at radius 2 is 0.688 bits per heavy atom. The van der Waals surface area contributed by atoms with Crippen molar-refractivity contribution >= 4 is 106 Å². The molecule has 1 aromatic heterocycles. The number of carboxylic acids is 1. The van der Waals surface area contributed by atoms with Crippen molar-refractivity contribution in [2.24, 2.45) is 57.7 Å². The number of phenols is 1. The zero-order valence-electron chi connectivity index (χ0n) is 79.4. The molecule has 138 heavy (non-hydrogen) atoms. The van der Waals surface area contributed by atoms with Gasteiger partial charge in [0.2, 0.25) is 88.6 Å². The van der Waals surface area contributed by atoms with E-state index in [0.29, 0.717) is 48.1 Å². The van der Waals surface area contributed by atoms with Gasteiger partial charge in [-0.2, -0.15) is 0 Å². The molecule has 47 nitrogen and oxygen atoms in total. The van der Waals surface area contributed by atoms with E-state index in [2.05, 4.69) is 95.0 Å². The Bertz CT molecular complexity index is 4560. The first-order valence-electron chi connectivity index (χ1n) is 46.6. The van der Waals surface area contributed by atoms with Crippen LogP contribution in [-0.4, -0.2) is 268 Å². The molecule has 15 amide bonds. The van der Waals surface area contributed by atoms with Gasteiger partial charge in [0, 0.05) is 45.0 Å². The fraction of sp³-hybridized carbons (Fsp3) is 0.571. The Labute approximate surface area is 802 Å². The number of H-pyrrole nitrogens is 1. The Morgan fingerprint density at radius 3 is 1.04 bits per heavy atom. The molecule has 764 valence electrons. The number of aliphatic hydroxyl groups is 1. The lowest BCUT2D eigenvalue weighted by molar-refractivity contribution is -0.142. The van der Waals surface area contributed by atoms with E-state index in [-0.39, 0.29) is 166 Å². The number of aromatic amines is 1. The number of primary amides is 1. The summed E-state index contributed by atoms with van der Waals surface area (Å²) in [6.45, 7) is 10.1. The summed E-state index contributed by atoms with van der Waals surface area (Å²) in [5, 5.41) is 89.2. The normalized spacial score (nSPS) is 14.7. The summed E-state index contributed by atoms with van der Waals surface area (Å²) in [5.74, 6) is -17.4. The molecule has 0 aliphatic rings. The average molecular weight is 1940 g/mol. The number of phenolic OH excluding ortho intramolecular Hbond substituents is 1. The second-order valence-electron chi connectivity index (χ2n) is 34.7. The van der Waals surface area contributed by atoms with Gasteiger partial charge in [-0.05, 0) is 190 Å². The smallest absolute Gasteiger partial charge is 0.326 e. The number of nitrogens with two attached hydrogens (primary N) is 8. The monoisotopic (exact) mass is 1940 g/mol. The second-order valence-corrected chi connectivity index (χ2v) is 34.7. The SMILES string of the molecule is CC(C)C[C@H](NC(=O)[C@@H](N)C(C)C)C(=O)N[C@@H](CCCCN)C(=O)N[C@@H](CC(N)=O)C(=O)N[C@@H](CCCCN)C(=O)N[C@@H](Cc1ccccc1)C(=O)N[C@@H](CCCNC(=N)N)C(=O)N[C@H](C(=O)N[C@@H](CCCCN)C(=O)N[C@@H](CCCNC(=N)N)C(=O)N[C@@H](Cc1ccc(O)cc1)C(=O)N[C@@H](Cc1ccccc1)C(=O)N[C@@H](C)C(=O)N[C@@H](CCCCN)C(=O)N[C@@H](Cc1c[nH]cn1)C(=O)O)[C@@H](C)O. The number of benzene rings is 3. The lowest BCUT2D eigenvalue weighted by Gasteiger charge is -2.29. The van der Waals surface area contributed by atoms with Gasteiger partial charge in [0.15, 0.2) is 11.9 Å². The van der Waals surface area contributed by atoms with Crippen molar-refractivity contribution in [1.29, 1.82) is 10.8 Å². The highest BCUT2D eigenvalue weighted by Gasteiger charge is 2.40. The van der Waals surface area contributed by atoms with E-state index in [1.54, 1.807) is 74.5 Å². The highest BCUT2D eigenvalue weighted by atomic mass is 16.4. The van der Waals surface area contributed by atoms with E-state index in [9.17, 15) is 72.9 Å². The van der Waals surface area contributed by atoms with Gasteiger partial charge in [0.1, 0.15) is 90.3 Å². The lowest BCUT2D eigenvalue weighted by Crippen LogP contribution is -2.62. The summed E-state index contributed by atoms with van der Waals surface area (Å²) in [7, 11) is 0. The van der Waals surface area contributed by atoms with Crippen LogP contribution in [0.2, 0.25) is 0 Å². The topological polar surface area (TPSA) is 811 Å². The molecule has 47 heteroatoms. The maximum Gasteiger partial charge on any atom is 0.326 e. The number of aliphatic carboxylic acids is 1. The minimum absolute atomic E-state index is 0.00576. The fourth-order valence-corrected chi connectivity index (χ4v) is 14.4. The Morgan fingerprint density at radius 1 is 0.370 bits per heavy atom. The van der Waals surface area contributed by atoms with Crippen LogP contribution in [0.1, 0.15) is 180 Å². The van der Waals surface area contributed by atoms with Crippen LogP contribution in [0.3, 0.4) is 0 Å². The predicted molar refractivity (Wildman–Crippen MR) is 512 cm³/mol. The van der Waals surface area contributed by atoms with Gasteiger partial charge in [-0.1, -0.05) is 100 Å². The van der Waals surface area contributed by atoms with Gasteiger partial charge in [-0.25, -0.2) is 9.78 Å². The molecule has 0 fully saturated rings. The van der Waals surface area contributed by atoms with Crippen molar-refractivity contribution in [3.8, 4) is 5.75 Å². The summed E-state index contributed by atoms with van der Waals surface area (Å²) in [6.07, 6.45) is 0.618. The molecule has 0 aliphatic carbocycles. The number of carbonyl (C=O) groups is 16. The molecule has 16 atom stereocenters. The van der Waals surface area contributed by atoms with Gasteiger partial charge in [-0.15, -0.1) is 0 Å². The van der Waals surface area contributed by atoms with Crippen LogP contribution in [0.5, 0.6) is 5.75 Å². The minimum Gasteiger partial charge on any atom is -0.508 e. The number of aliphatic hydroxyl groups excluding tert-OH is 1. The van der Waals surface area contributed by atoms with Crippen LogP contribution >= 0.6 is 0 Å². The molecule has 0 aliphatic heterocycles. The molecular weight excluding hydrogens is 1790 g/mol. The number of hydrogen-bond donors (Lipinski definition) is 30. The molecule has 0 saturated carbocycles. The van der Waals surface area contributed by atoms with Crippen molar-refractivity contribution in [3.63, 3.8) is 0 Å². The number of carbonyl (C=O) groups excluding carboxylic acids is 15. The molecule has 0 bridgehead atoms. The van der Waals surface area contributed by atoms with Crippen molar-refractivity contribution in [3.05, 3.63) is 120 Å². The lowest BCUT2D eigenvalue weighted by atomic mass is 9.99. The van der Waals surface area contributed by atoms with Crippen LogP contribution < -0.4 is 131 Å². The Hall–Kier alpha value is -13.5. The molecule has 0 saturated heterocycles. The quantitative estimate of drug-likeness (QED) is 0.0111. The first-order valence-corrected chi connectivity index (χ1v) is 46.6. The largest absolute Gasteiger partial charge is 0.508 e. The number of amides is 15. The fourth-order valence-electron chi connectivity index (χ4n) is 14.4. The van der Waals surface area contributed by atoms with E-state index < -0.39 is 210 Å². The third kappa shape index (κ3) is 44.5. The number of nitrogens with one attached hydrogen (secondary N) is 19. The van der Waals surface area contributed by atoms with Crippen LogP contribution in [0.4, 0.5) is 0 Å². The van der Waals surface area contributed by atoms with E-state index in [4.69, 9.17) is 56.7 Å². The molecule has 38 N–H and O–H groups in total. The van der Waals surface area contributed by atoms with Gasteiger partial charge >= 0.3 is 5.97 Å². The third-order valence-electron chi connectivity index (χ3n) is 22.2. The number of rotatable bonds is 67. The molecule has 4 rings (SSSR count). The number of carboxylic acid groups (broad SMARTS) is 1. The van der Waals surface area contributed by atoms with Crippen LogP contribution in [0.15, 0.2) is 97.5 Å². The first-order chi connectivity index (χ1) is 65.6. The van der Waals surface area contributed by atoms with E-state index in [1.807, 2.05) is 13.8 Å². The maximum atomic E-state index is 15.2. The van der Waals surface area contributed by atoms with Gasteiger partial charge in [-0.3, -0.25) is 82.7 Å². The summed E-state index contributed by atoms with van der Waals surface area (Å²) in [4.78, 5) is 236. The highest BCUT2D eigenvalue weighted by Crippen LogP contribution is 2.18. The van der Waals surface area contributed by atoms with E-state index >= 15 is 19.2 Å². The van der Waals surface area contributed by atoms with Crippen LogP contribution in [0, 0.1) is 22.7 Å². The second kappa shape index (κ2) is 63.0. The molecular formula is C91H146N28O19. The molecule has 0 unspecified atom stereocenters. The number of aromatic nitrogens is 2. The van der Waals surface area contributed by atoms with Crippen LogP contribution in [-0.2, 0) is 102 Å². The average Bonchev–Trinajstić information content (AvgIpc) is 0.902. The summed E-state index contributed by atoms with van der Waals surface area (Å²) >= 11 is 0. The number of aromatic hydroxyl groups is 1.